The van der Waals surface area contributed by atoms with E-state index in [-0.39, 0.29) is 5.91 Å². The number of anilines is 2. The molecule has 0 spiro atoms. The molecule has 6 nitrogen and oxygen atoms in total. The number of ether oxygens (including phenoxy) is 1. The molecule has 1 fully saturated rings. The number of benzene rings is 1. The number of nitrogens with zero attached hydrogens (tertiary/aromatic N) is 2. The Hall–Kier alpha value is -2.44. The number of para-hydroxylation sites is 1. The number of hydrogen-bond donors (Lipinski definition) is 2. The lowest BCUT2D eigenvalue weighted by Gasteiger charge is -2.26. The topological polar surface area (TPSA) is 66.5 Å². The molecule has 0 unspecified atom stereocenters. The van der Waals surface area contributed by atoms with Gasteiger partial charge in [-0.2, -0.15) is 0 Å². The SMILES string of the molecule is CCc1cccc(CC)c1Nc1cncc(C(=O)NCCN2CCOCC2)c1. The summed E-state index contributed by atoms with van der Waals surface area (Å²) in [5.41, 5.74) is 5.05. The minimum absolute atomic E-state index is 0.0936. The predicted octanol–water partition coefficient (Wildman–Crippen LogP) is 3.01. The van der Waals surface area contributed by atoms with Crippen LogP contribution in [-0.4, -0.2) is 55.2 Å². The molecule has 3 rings (SSSR count). The Morgan fingerprint density at radius 1 is 1.14 bits per heavy atom. The summed E-state index contributed by atoms with van der Waals surface area (Å²) in [5.74, 6) is -0.0936. The molecule has 6 heteroatoms. The van der Waals surface area contributed by atoms with Gasteiger partial charge in [0.25, 0.3) is 5.91 Å². The van der Waals surface area contributed by atoms with E-state index in [1.54, 1.807) is 12.4 Å². The third-order valence-corrected chi connectivity index (χ3v) is 5.09. The van der Waals surface area contributed by atoms with E-state index in [1.165, 1.54) is 11.1 Å². The second-order valence-electron chi connectivity index (χ2n) is 6.96. The van der Waals surface area contributed by atoms with Gasteiger partial charge < -0.3 is 15.4 Å². The van der Waals surface area contributed by atoms with E-state index in [4.69, 9.17) is 4.74 Å². The smallest absolute Gasteiger partial charge is 0.252 e. The number of carbonyl (C=O) groups excluding carboxylic acids is 1. The molecule has 2 heterocycles. The largest absolute Gasteiger partial charge is 0.379 e. The molecule has 1 aliphatic rings. The van der Waals surface area contributed by atoms with Gasteiger partial charge in [0.1, 0.15) is 0 Å². The lowest BCUT2D eigenvalue weighted by Crippen LogP contribution is -2.41. The second-order valence-corrected chi connectivity index (χ2v) is 6.96. The summed E-state index contributed by atoms with van der Waals surface area (Å²) in [6.07, 6.45) is 5.27. The molecule has 150 valence electrons. The summed E-state index contributed by atoms with van der Waals surface area (Å²) in [5, 5.41) is 6.47. The highest BCUT2D eigenvalue weighted by molar-refractivity contribution is 5.94. The van der Waals surface area contributed by atoms with Crippen LogP contribution in [0.25, 0.3) is 0 Å². The Morgan fingerprint density at radius 3 is 2.54 bits per heavy atom. The minimum Gasteiger partial charge on any atom is -0.379 e. The van der Waals surface area contributed by atoms with Crippen LogP contribution in [0.5, 0.6) is 0 Å². The van der Waals surface area contributed by atoms with E-state index in [9.17, 15) is 4.79 Å². The third-order valence-electron chi connectivity index (χ3n) is 5.09. The number of nitrogens with one attached hydrogen (secondary N) is 2. The average Bonchev–Trinajstić information content (AvgIpc) is 2.74. The number of aromatic nitrogens is 1. The highest BCUT2D eigenvalue weighted by Gasteiger charge is 2.12. The Morgan fingerprint density at radius 2 is 1.86 bits per heavy atom. The third kappa shape index (κ3) is 5.30. The lowest BCUT2D eigenvalue weighted by molar-refractivity contribution is 0.0383. The quantitative estimate of drug-likeness (QED) is 0.735. The fourth-order valence-electron chi connectivity index (χ4n) is 3.43. The molecule has 1 aliphatic heterocycles. The number of amides is 1. The zero-order chi connectivity index (χ0) is 19.8. The summed E-state index contributed by atoms with van der Waals surface area (Å²) >= 11 is 0. The van der Waals surface area contributed by atoms with Crippen molar-refractivity contribution in [3.8, 4) is 0 Å². The van der Waals surface area contributed by atoms with E-state index in [0.717, 1.165) is 57.1 Å². The van der Waals surface area contributed by atoms with Crippen LogP contribution in [0.4, 0.5) is 11.4 Å². The zero-order valence-electron chi connectivity index (χ0n) is 16.8. The number of hydrogen-bond acceptors (Lipinski definition) is 5. The Labute approximate surface area is 167 Å². The Kier molecular flexibility index (Phi) is 7.39. The van der Waals surface area contributed by atoms with Crippen molar-refractivity contribution in [2.24, 2.45) is 0 Å². The summed E-state index contributed by atoms with van der Waals surface area (Å²) in [6, 6.07) is 8.23. The number of carbonyl (C=O) groups is 1. The molecule has 1 aromatic carbocycles. The van der Waals surface area contributed by atoms with Gasteiger partial charge >= 0.3 is 0 Å². The van der Waals surface area contributed by atoms with Crippen LogP contribution in [0.2, 0.25) is 0 Å². The predicted molar refractivity (Wildman–Crippen MR) is 112 cm³/mol. The molecule has 2 N–H and O–H groups in total. The maximum atomic E-state index is 12.5. The molecule has 1 amide bonds. The molecule has 0 saturated carbocycles. The van der Waals surface area contributed by atoms with Crippen LogP contribution in [0.3, 0.4) is 0 Å². The highest BCUT2D eigenvalue weighted by Crippen LogP contribution is 2.26. The van der Waals surface area contributed by atoms with E-state index < -0.39 is 0 Å². The van der Waals surface area contributed by atoms with E-state index in [2.05, 4.69) is 52.6 Å². The summed E-state index contributed by atoms with van der Waals surface area (Å²) in [7, 11) is 0. The van der Waals surface area contributed by atoms with Crippen LogP contribution in [0, 0.1) is 0 Å². The molecular weight excluding hydrogens is 352 g/mol. The first-order valence-corrected chi connectivity index (χ1v) is 10.1. The van der Waals surface area contributed by atoms with Gasteiger partial charge in [0.2, 0.25) is 0 Å². The van der Waals surface area contributed by atoms with Crippen LogP contribution in [0.1, 0.15) is 35.3 Å². The minimum atomic E-state index is -0.0936. The maximum Gasteiger partial charge on any atom is 0.252 e. The zero-order valence-corrected chi connectivity index (χ0v) is 16.8. The normalized spacial score (nSPS) is 14.6. The highest BCUT2D eigenvalue weighted by atomic mass is 16.5. The van der Waals surface area contributed by atoms with Gasteiger partial charge in [-0.25, -0.2) is 0 Å². The first kappa shape index (κ1) is 20.3. The first-order chi connectivity index (χ1) is 13.7. The standard InChI is InChI=1S/C22H30N4O2/c1-3-17-6-5-7-18(4-2)21(17)25-20-14-19(15-23-16-20)22(27)24-8-9-26-10-12-28-13-11-26/h5-7,14-16,25H,3-4,8-13H2,1-2H3,(H,24,27). The van der Waals surface area contributed by atoms with Gasteiger partial charge in [0.05, 0.1) is 30.7 Å². The monoisotopic (exact) mass is 382 g/mol. The second kappa shape index (κ2) is 10.2. The number of pyridine rings is 1. The van der Waals surface area contributed by atoms with Gasteiger partial charge in [-0.15, -0.1) is 0 Å². The molecule has 1 saturated heterocycles. The van der Waals surface area contributed by atoms with Gasteiger partial charge in [-0.3, -0.25) is 14.7 Å². The van der Waals surface area contributed by atoms with Crippen LogP contribution in [0.15, 0.2) is 36.7 Å². The van der Waals surface area contributed by atoms with Gasteiger partial charge in [-0.1, -0.05) is 32.0 Å². The first-order valence-electron chi connectivity index (χ1n) is 10.1. The van der Waals surface area contributed by atoms with Crippen molar-refractivity contribution in [1.82, 2.24) is 15.2 Å². The van der Waals surface area contributed by atoms with E-state index in [1.807, 2.05) is 6.07 Å². The van der Waals surface area contributed by atoms with Crippen molar-refractivity contribution >= 4 is 17.3 Å². The van der Waals surface area contributed by atoms with Crippen molar-refractivity contribution in [2.75, 3.05) is 44.7 Å². The van der Waals surface area contributed by atoms with Gasteiger partial charge in [0, 0.05) is 38.1 Å². The fourth-order valence-corrected chi connectivity index (χ4v) is 3.43. The molecule has 0 bridgehead atoms. The molecule has 2 aromatic rings. The molecule has 0 aliphatic carbocycles. The molecule has 0 radical (unpaired) electrons. The fraction of sp³-hybridized carbons (Fsp3) is 0.455. The Bertz CT molecular complexity index is 766. The van der Waals surface area contributed by atoms with Crippen molar-refractivity contribution in [3.05, 3.63) is 53.3 Å². The van der Waals surface area contributed by atoms with Gasteiger partial charge in [0.15, 0.2) is 0 Å². The van der Waals surface area contributed by atoms with Crippen molar-refractivity contribution in [3.63, 3.8) is 0 Å². The number of morpholine rings is 1. The van der Waals surface area contributed by atoms with Gasteiger partial charge in [-0.05, 0) is 30.0 Å². The average molecular weight is 383 g/mol. The molecular formula is C22H30N4O2. The Balaban J connectivity index is 1.63. The van der Waals surface area contributed by atoms with Crippen molar-refractivity contribution in [2.45, 2.75) is 26.7 Å². The summed E-state index contributed by atoms with van der Waals surface area (Å²) < 4.78 is 5.35. The summed E-state index contributed by atoms with van der Waals surface area (Å²) in [6.45, 7) is 9.14. The van der Waals surface area contributed by atoms with Crippen LogP contribution in [-0.2, 0) is 17.6 Å². The number of aryl methyl sites for hydroxylation is 2. The lowest BCUT2D eigenvalue weighted by atomic mass is 10.0. The van der Waals surface area contributed by atoms with Crippen molar-refractivity contribution in [1.29, 1.82) is 0 Å². The van der Waals surface area contributed by atoms with Crippen molar-refractivity contribution < 1.29 is 9.53 Å². The van der Waals surface area contributed by atoms with E-state index >= 15 is 0 Å². The number of rotatable bonds is 8. The molecule has 28 heavy (non-hydrogen) atoms. The molecule has 0 atom stereocenters. The van der Waals surface area contributed by atoms with E-state index in [0.29, 0.717) is 12.1 Å². The summed E-state index contributed by atoms with van der Waals surface area (Å²) in [4.78, 5) is 19.1. The van der Waals surface area contributed by atoms with Crippen LogP contribution < -0.4 is 10.6 Å². The van der Waals surface area contributed by atoms with Crippen LogP contribution >= 0.6 is 0 Å². The molecule has 1 aromatic heterocycles. The maximum absolute atomic E-state index is 12.5.